The van der Waals surface area contributed by atoms with Crippen molar-refractivity contribution in [3.63, 3.8) is 0 Å². The van der Waals surface area contributed by atoms with Crippen molar-refractivity contribution in [2.75, 3.05) is 0 Å². The average Bonchev–Trinajstić information content (AvgIpc) is 3.45. The summed E-state index contributed by atoms with van der Waals surface area (Å²) in [5.41, 5.74) is 1.03. The van der Waals surface area contributed by atoms with Crippen molar-refractivity contribution in [2.45, 2.75) is 92.2 Å². The molecule has 1 aromatic heterocycles. The monoisotopic (exact) mass is 585 g/mol. The van der Waals surface area contributed by atoms with Crippen LogP contribution in [0.25, 0.3) is 0 Å². The van der Waals surface area contributed by atoms with Gasteiger partial charge in [0.25, 0.3) is 0 Å². The molecule has 1 amide bonds. The molecular formula is C33H44ClNO4S. The molecule has 0 saturated heterocycles. The molecule has 3 saturated carbocycles. The molecule has 5 rings (SSSR count). The lowest BCUT2D eigenvalue weighted by Crippen LogP contribution is -2.55. The Bertz CT molecular complexity index is 1230. The van der Waals surface area contributed by atoms with Crippen LogP contribution in [0.15, 0.2) is 35.9 Å². The third kappa shape index (κ3) is 5.24. The molecule has 1 heterocycles. The summed E-state index contributed by atoms with van der Waals surface area (Å²) in [6, 6.07) is 3.88. The topological polar surface area (TPSA) is 72.5 Å². The first kappa shape index (κ1) is 29.6. The Morgan fingerprint density at radius 2 is 1.90 bits per heavy atom. The number of thiophene rings is 1. The Hall–Kier alpha value is -1.92. The number of esters is 1. The van der Waals surface area contributed by atoms with Gasteiger partial charge in [-0.2, -0.15) is 0 Å². The van der Waals surface area contributed by atoms with Crippen molar-refractivity contribution in [1.82, 2.24) is 5.32 Å². The Balaban J connectivity index is 1.34. The molecule has 5 nitrogen and oxygen atoms in total. The first-order chi connectivity index (χ1) is 18.8. The maximum atomic E-state index is 13.4. The number of fused-ring (bicyclic) bond motifs is 5. The standard InChI is InChI=1S/C33H44ClNO4S/c1-18(2)31(27-9-10-28(34)40-27)35-29(38)15-19(3)23-7-8-24-30-25(12-14-33(23,24)6)32(5)13-11-22(37)16-21(32)17-26(30)39-20(4)36/h9-11,13,16,18-19,23-26,30-31H,7-8,12,14-15,17H2,1-6H3,(H,35,38)/t19-,23-,24+,25+,26-,30+,31-,32+,33-/m1/s1. The molecule has 0 unspecified atom stereocenters. The third-order valence-electron chi connectivity index (χ3n) is 11.0. The van der Waals surface area contributed by atoms with Crippen LogP contribution in [0.2, 0.25) is 4.34 Å². The summed E-state index contributed by atoms with van der Waals surface area (Å²) in [5, 5.41) is 3.31. The maximum absolute atomic E-state index is 13.4. The smallest absolute Gasteiger partial charge is 0.302 e. The number of carbonyl (C=O) groups is 3. The number of amides is 1. The van der Waals surface area contributed by atoms with E-state index in [9.17, 15) is 14.4 Å². The fourth-order valence-electron chi connectivity index (χ4n) is 9.18. The number of allylic oxidation sites excluding steroid dienone is 3. The Kier molecular flexibility index (Phi) is 8.17. The number of ketones is 1. The number of rotatable bonds is 7. The molecule has 0 aromatic carbocycles. The molecular weight excluding hydrogens is 542 g/mol. The van der Waals surface area contributed by atoms with Crippen molar-refractivity contribution in [2.24, 2.45) is 46.3 Å². The molecule has 4 aliphatic carbocycles. The molecule has 0 bridgehead atoms. The zero-order chi connectivity index (χ0) is 29.0. The highest BCUT2D eigenvalue weighted by atomic mass is 35.5. The van der Waals surface area contributed by atoms with Gasteiger partial charge in [0, 0.05) is 36.0 Å². The molecule has 0 aliphatic heterocycles. The largest absolute Gasteiger partial charge is 0.462 e. The van der Waals surface area contributed by atoms with Gasteiger partial charge < -0.3 is 10.1 Å². The van der Waals surface area contributed by atoms with E-state index in [1.165, 1.54) is 18.3 Å². The fourth-order valence-corrected chi connectivity index (χ4v) is 10.5. The molecule has 0 radical (unpaired) electrons. The summed E-state index contributed by atoms with van der Waals surface area (Å²) in [6.07, 6.45) is 10.9. The minimum atomic E-state index is -0.246. The quantitative estimate of drug-likeness (QED) is 0.333. The van der Waals surface area contributed by atoms with Crippen LogP contribution in [0.1, 0.15) is 91.0 Å². The number of nitrogens with one attached hydrogen (secondary N) is 1. The normalized spacial score (nSPS) is 36.2. The zero-order valence-corrected chi connectivity index (χ0v) is 26.2. The molecule has 0 spiro atoms. The van der Waals surface area contributed by atoms with E-state index in [1.54, 1.807) is 12.2 Å². The lowest BCUT2D eigenvalue weighted by atomic mass is 9.46. The van der Waals surface area contributed by atoms with Gasteiger partial charge in [0.05, 0.1) is 10.4 Å². The molecule has 218 valence electrons. The summed E-state index contributed by atoms with van der Waals surface area (Å²) >= 11 is 7.73. The van der Waals surface area contributed by atoms with E-state index in [1.807, 2.05) is 12.1 Å². The first-order valence-corrected chi connectivity index (χ1v) is 16.2. The molecule has 3 fully saturated rings. The SMILES string of the molecule is CC(=O)O[C@@H]1CC2=CC(=O)C=C[C@]2(C)[C@H]2CC[C@]3(C)[C@@H]([C@H](C)CC(=O)N[C@@H](c4ccc(Cl)s4)C(C)C)CC[C@H]3[C@H]12. The number of ether oxygens (including phenoxy) is 1. The van der Waals surface area contributed by atoms with Crippen molar-refractivity contribution in [1.29, 1.82) is 0 Å². The lowest BCUT2D eigenvalue weighted by Gasteiger charge is -2.59. The highest BCUT2D eigenvalue weighted by Gasteiger charge is 2.62. The lowest BCUT2D eigenvalue weighted by molar-refractivity contribution is -0.163. The molecule has 4 aliphatic rings. The van der Waals surface area contributed by atoms with Crippen LogP contribution in [0.3, 0.4) is 0 Å². The number of carbonyl (C=O) groups excluding carboxylic acids is 3. The summed E-state index contributed by atoms with van der Waals surface area (Å²) in [4.78, 5) is 38.9. The number of halogens is 1. The highest BCUT2D eigenvalue weighted by Crippen LogP contribution is 2.67. The Labute approximate surface area is 248 Å². The van der Waals surface area contributed by atoms with E-state index in [0.717, 1.165) is 40.5 Å². The third-order valence-corrected chi connectivity index (χ3v) is 12.3. The van der Waals surface area contributed by atoms with E-state index in [-0.39, 0.29) is 58.4 Å². The van der Waals surface area contributed by atoms with Crippen molar-refractivity contribution >= 4 is 40.6 Å². The van der Waals surface area contributed by atoms with Gasteiger partial charge in [0.2, 0.25) is 5.91 Å². The minimum Gasteiger partial charge on any atom is -0.462 e. The van der Waals surface area contributed by atoms with Crippen molar-refractivity contribution in [3.8, 4) is 0 Å². The first-order valence-electron chi connectivity index (χ1n) is 15.0. The number of hydrogen-bond acceptors (Lipinski definition) is 5. The van der Waals surface area contributed by atoms with E-state index < -0.39 is 0 Å². The van der Waals surface area contributed by atoms with Crippen LogP contribution in [-0.4, -0.2) is 23.8 Å². The van der Waals surface area contributed by atoms with E-state index >= 15 is 0 Å². The predicted molar refractivity (Wildman–Crippen MR) is 160 cm³/mol. The van der Waals surface area contributed by atoms with Crippen LogP contribution in [0, 0.1) is 46.3 Å². The number of hydrogen-bond donors (Lipinski definition) is 1. The van der Waals surface area contributed by atoms with Gasteiger partial charge in [0.1, 0.15) is 6.10 Å². The van der Waals surface area contributed by atoms with Gasteiger partial charge in [-0.1, -0.05) is 57.9 Å². The van der Waals surface area contributed by atoms with E-state index in [4.69, 9.17) is 16.3 Å². The van der Waals surface area contributed by atoms with Crippen molar-refractivity contribution in [3.05, 3.63) is 45.1 Å². The van der Waals surface area contributed by atoms with Gasteiger partial charge in [-0.05, 0) is 85.0 Å². The van der Waals surface area contributed by atoms with Gasteiger partial charge in [0.15, 0.2) is 5.78 Å². The van der Waals surface area contributed by atoms with Gasteiger partial charge in [-0.15, -0.1) is 11.3 Å². The maximum Gasteiger partial charge on any atom is 0.302 e. The van der Waals surface area contributed by atoms with Gasteiger partial charge >= 0.3 is 5.97 Å². The van der Waals surface area contributed by atoms with E-state index in [0.29, 0.717) is 30.6 Å². The van der Waals surface area contributed by atoms with Crippen molar-refractivity contribution < 1.29 is 19.1 Å². The van der Waals surface area contributed by atoms with Crippen LogP contribution in [0.4, 0.5) is 0 Å². The van der Waals surface area contributed by atoms with Crippen LogP contribution >= 0.6 is 22.9 Å². The van der Waals surface area contributed by atoms with Crippen LogP contribution in [-0.2, 0) is 19.1 Å². The second-order valence-electron chi connectivity index (χ2n) is 13.7. The Morgan fingerprint density at radius 3 is 2.55 bits per heavy atom. The van der Waals surface area contributed by atoms with Gasteiger partial charge in [-0.25, -0.2) is 0 Å². The molecule has 40 heavy (non-hydrogen) atoms. The zero-order valence-electron chi connectivity index (χ0n) is 24.7. The molecule has 9 atom stereocenters. The summed E-state index contributed by atoms with van der Waals surface area (Å²) in [6.45, 7) is 12.7. The second kappa shape index (κ2) is 11.1. The molecule has 1 aromatic rings. The van der Waals surface area contributed by atoms with Crippen LogP contribution < -0.4 is 5.32 Å². The molecule has 1 N–H and O–H groups in total. The van der Waals surface area contributed by atoms with E-state index in [2.05, 4.69) is 46.0 Å². The summed E-state index contributed by atoms with van der Waals surface area (Å²) in [7, 11) is 0. The fraction of sp³-hybridized carbons (Fsp3) is 0.667. The predicted octanol–water partition coefficient (Wildman–Crippen LogP) is 7.71. The average molecular weight is 586 g/mol. The summed E-state index contributed by atoms with van der Waals surface area (Å²) in [5.74, 6) is 1.85. The van der Waals surface area contributed by atoms with Crippen LogP contribution in [0.5, 0.6) is 0 Å². The second-order valence-corrected chi connectivity index (χ2v) is 15.4. The highest BCUT2D eigenvalue weighted by molar-refractivity contribution is 7.16. The Morgan fingerprint density at radius 1 is 1.15 bits per heavy atom. The summed E-state index contributed by atoms with van der Waals surface area (Å²) < 4.78 is 6.77. The van der Waals surface area contributed by atoms with Gasteiger partial charge in [-0.3, -0.25) is 14.4 Å². The minimum absolute atomic E-state index is 0.0306. The molecule has 7 heteroatoms.